The molecule has 16 heavy (non-hydrogen) atoms. The van der Waals surface area contributed by atoms with E-state index in [4.69, 9.17) is 5.84 Å². The molecular formula is C11H13F3N2. The van der Waals surface area contributed by atoms with E-state index in [1.54, 1.807) is 0 Å². The fourth-order valence-electron chi connectivity index (χ4n) is 1.92. The van der Waals surface area contributed by atoms with Crippen LogP contribution in [0.25, 0.3) is 0 Å². The van der Waals surface area contributed by atoms with Gasteiger partial charge < -0.3 is 0 Å². The van der Waals surface area contributed by atoms with Crippen LogP contribution in [0.1, 0.15) is 31.4 Å². The molecule has 0 aliphatic heterocycles. The van der Waals surface area contributed by atoms with Crippen molar-refractivity contribution in [1.82, 2.24) is 5.43 Å². The monoisotopic (exact) mass is 230 g/mol. The first-order valence-corrected chi connectivity index (χ1v) is 5.09. The van der Waals surface area contributed by atoms with Crippen LogP contribution in [0, 0.1) is 22.9 Å². The Labute approximate surface area is 91.6 Å². The molecule has 0 bridgehead atoms. The van der Waals surface area contributed by atoms with E-state index in [-0.39, 0.29) is 11.0 Å². The van der Waals surface area contributed by atoms with E-state index < -0.39 is 23.5 Å². The van der Waals surface area contributed by atoms with E-state index >= 15 is 0 Å². The molecule has 1 aromatic rings. The Morgan fingerprint density at radius 3 is 2.38 bits per heavy atom. The predicted molar refractivity (Wildman–Crippen MR) is 53.7 cm³/mol. The van der Waals surface area contributed by atoms with Crippen LogP contribution in [0.3, 0.4) is 0 Å². The number of hydrogen-bond donors (Lipinski definition) is 2. The lowest BCUT2D eigenvalue weighted by atomic mass is 9.92. The van der Waals surface area contributed by atoms with E-state index in [0.29, 0.717) is 0 Å². The molecule has 1 aromatic carbocycles. The van der Waals surface area contributed by atoms with Crippen molar-refractivity contribution in [3.63, 3.8) is 0 Å². The molecule has 3 N–H and O–H groups in total. The van der Waals surface area contributed by atoms with Crippen LogP contribution in [0.2, 0.25) is 0 Å². The minimum absolute atomic E-state index is 0.0846. The zero-order chi connectivity index (χ0) is 11.9. The number of nitrogens with two attached hydrogens (primary N) is 1. The van der Waals surface area contributed by atoms with Gasteiger partial charge in [0.2, 0.25) is 0 Å². The summed E-state index contributed by atoms with van der Waals surface area (Å²) in [6, 6.07) is 1.67. The maximum atomic E-state index is 13.5. The lowest BCUT2D eigenvalue weighted by Crippen LogP contribution is -2.34. The summed E-state index contributed by atoms with van der Waals surface area (Å²) in [5.41, 5.74) is 2.40. The SMILES string of the molecule is CC1(C(NN)c2ccc(F)c(F)c2F)CC1. The third-order valence-electron chi connectivity index (χ3n) is 3.28. The molecule has 0 aromatic heterocycles. The van der Waals surface area contributed by atoms with Gasteiger partial charge >= 0.3 is 0 Å². The molecule has 88 valence electrons. The van der Waals surface area contributed by atoms with Gasteiger partial charge in [0.25, 0.3) is 0 Å². The van der Waals surface area contributed by atoms with E-state index in [2.05, 4.69) is 5.43 Å². The number of benzene rings is 1. The number of nitrogens with one attached hydrogen (secondary N) is 1. The van der Waals surface area contributed by atoms with Crippen molar-refractivity contribution in [3.05, 3.63) is 35.1 Å². The summed E-state index contributed by atoms with van der Waals surface area (Å²) in [7, 11) is 0. The third-order valence-corrected chi connectivity index (χ3v) is 3.28. The van der Waals surface area contributed by atoms with Crippen molar-refractivity contribution in [1.29, 1.82) is 0 Å². The maximum Gasteiger partial charge on any atom is 0.194 e. The minimum atomic E-state index is -1.44. The molecule has 1 aliphatic rings. The van der Waals surface area contributed by atoms with E-state index in [1.165, 1.54) is 6.07 Å². The first-order valence-electron chi connectivity index (χ1n) is 5.09. The van der Waals surface area contributed by atoms with Crippen molar-refractivity contribution in [2.45, 2.75) is 25.8 Å². The Kier molecular flexibility index (Phi) is 2.67. The van der Waals surface area contributed by atoms with Gasteiger partial charge in [0.1, 0.15) is 0 Å². The van der Waals surface area contributed by atoms with E-state index in [0.717, 1.165) is 18.9 Å². The van der Waals surface area contributed by atoms with Crippen LogP contribution in [0.15, 0.2) is 12.1 Å². The Bertz CT molecular complexity index is 416. The van der Waals surface area contributed by atoms with Gasteiger partial charge in [0, 0.05) is 5.56 Å². The summed E-state index contributed by atoms with van der Waals surface area (Å²) in [6.45, 7) is 1.93. The molecule has 1 atom stereocenters. The first-order chi connectivity index (χ1) is 7.49. The zero-order valence-electron chi connectivity index (χ0n) is 8.86. The zero-order valence-corrected chi connectivity index (χ0v) is 8.86. The molecule has 0 amide bonds. The Morgan fingerprint density at radius 2 is 1.88 bits per heavy atom. The fourth-order valence-corrected chi connectivity index (χ4v) is 1.92. The fraction of sp³-hybridized carbons (Fsp3) is 0.455. The first kappa shape index (κ1) is 11.4. The molecule has 1 fully saturated rings. The molecule has 0 radical (unpaired) electrons. The van der Waals surface area contributed by atoms with E-state index in [9.17, 15) is 13.2 Å². The predicted octanol–water partition coefficient (Wildman–Crippen LogP) is 2.41. The topological polar surface area (TPSA) is 38.0 Å². The van der Waals surface area contributed by atoms with Gasteiger partial charge in [-0.2, -0.15) is 0 Å². The maximum absolute atomic E-state index is 13.5. The minimum Gasteiger partial charge on any atom is -0.271 e. The molecule has 1 saturated carbocycles. The lowest BCUT2D eigenvalue weighted by molar-refractivity contribution is 0.348. The number of hydrazine groups is 1. The second kappa shape index (κ2) is 3.75. The van der Waals surface area contributed by atoms with Gasteiger partial charge in [-0.1, -0.05) is 13.0 Å². The van der Waals surface area contributed by atoms with Crippen LogP contribution < -0.4 is 11.3 Å². The van der Waals surface area contributed by atoms with Gasteiger partial charge in [-0.05, 0) is 24.3 Å². The number of hydrogen-bond acceptors (Lipinski definition) is 2. The van der Waals surface area contributed by atoms with Crippen LogP contribution in [-0.2, 0) is 0 Å². The third kappa shape index (κ3) is 1.70. The standard InChI is InChI=1S/C11H13F3N2/c1-11(4-5-11)10(16-15)6-2-3-7(12)9(14)8(6)13/h2-3,10,16H,4-5,15H2,1H3. The Morgan fingerprint density at radius 1 is 1.25 bits per heavy atom. The molecule has 1 unspecified atom stereocenters. The molecule has 2 rings (SSSR count). The second-order valence-corrected chi connectivity index (χ2v) is 4.52. The molecule has 2 nitrogen and oxygen atoms in total. The summed E-state index contributed by atoms with van der Waals surface area (Å²) in [6.07, 6.45) is 1.78. The van der Waals surface area contributed by atoms with Crippen molar-refractivity contribution < 1.29 is 13.2 Å². The van der Waals surface area contributed by atoms with Crippen molar-refractivity contribution in [2.24, 2.45) is 11.3 Å². The molecule has 1 aliphatic carbocycles. The average molecular weight is 230 g/mol. The molecule has 0 saturated heterocycles. The van der Waals surface area contributed by atoms with Crippen LogP contribution >= 0.6 is 0 Å². The summed E-state index contributed by atoms with van der Waals surface area (Å²) < 4.78 is 39.4. The highest BCUT2D eigenvalue weighted by Crippen LogP contribution is 2.54. The molecule has 0 spiro atoms. The summed E-state index contributed by atoms with van der Waals surface area (Å²) in [4.78, 5) is 0. The lowest BCUT2D eigenvalue weighted by Gasteiger charge is -2.23. The van der Waals surface area contributed by atoms with Gasteiger partial charge in [0.15, 0.2) is 17.5 Å². The molecular weight excluding hydrogens is 217 g/mol. The highest BCUT2D eigenvalue weighted by Gasteiger charge is 2.46. The quantitative estimate of drug-likeness (QED) is 0.475. The van der Waals surface area contributed by atoms with Gasteiger partial charge in [-0.15, -0.1) is 0 Å². The largest absolute Gasteiger partial charge is 0.271 e. The summed E-state index contributed by atoms with van der Waals surface area (Å²) >= 11 is 0. The normalized spacial score (nSPS) is 19.6. The van der Waals surface area contributed by atoms with Crippen LogP contribution in [0.4, 0.5) is 13.2 Å². The molecule has 0 heterocycles. The molecule has 5 heteroatoms. The average Bonchev–Trinajstić information content (AvgIpc) is 2.98. The van der Waals surface area contributed by atoms with Gasteiger partial charge in [-0.3, -0.25) is 11.3 Å². The summed E-state index contributed by atoms with van der Waals surface area (Å²) in [5.74, 6) is 1.57. The van der Waals surface area contributed by atoms with E-state index in [1.807, 2.05) is 6.92 Å². The Balaban J connectivity index is 2.43. The Hall–Kier alpha value is -1.07. The smallest absolute Gasteiger partial charge is 0.194 e. The number of halogens is 3. The van der Waals surface area contributed by atoms with Crippen molar-refractivity contribution in [3.8, 4) is 0 Å². The van der Waals surface area contributed by atoms with Crippen molar-refractivity contribution >= 4 is 0 Å². The van der Waals surface area contributed by atoms with Gasteiger partial charge in [-0.25, -0.2) is 13.2 Å². The van der Waals surface area contributed by atoms with Crippen molar-refractivity contribution in [2.75, 3.05) is 0 Å². The van der Waals surface area contributed by atoms with Crippen LogP contribution in [0.5, 0.6) is 0 Å². The highest BCUT2D eigenvalue weighted by molar-refractivity contribution is 5.27. The highest BCUT2D eigenvalue weighted by atomic mass is 19.2. The second-order valence-electron chi connectivity index (χ2n) is 4.52. The number of rotatable bonds is 3. The van der Waals surface area contributed by atoms with Crippen LogP contribution in [-0.4, -0.2) is 0 Å². The van der Waals surface area contributed by atoms with Gasteiger partial charge in [0.05, 0.1) is 6.04 Å². The summed E-state index contributed by atoms with van der Waals surface area (Å²) in [5, 5.41) is 0.